The molecule has 0 amide bonds. The molecule has 0 spiro atoms. The Bertz CT molecular complexity index is 619. The van der Waals surface area contributed by atoms with Crippen LogP contribution in [0.1, 0.15) is 19.2 Å². The topological polar surface area (TPSA) is 59.1 Å². The number of halogens is 1. The summed E-state index contributed by atoms with van der Waals surface area (Å²) < 4.78 is 6.20. The Hall–Kier alpha value is -1.82. The zero-order valence-electron chi connectivity index (χ0n) is 12.4. The van der Waals surface area contributed by atoms with E-state index in [1.54, 1.807) is 7.11 Å². The van der Waals surface area contributed by atoms with Crippen molar-refractivity contribution >= 4 is 33.3 Å². The molecule has 2 rings (SSSR count). The van der Waals surface area contributed by atoms with Crippen LogP contribution in [0.25, 0.3) is 0 Å². The van der Waals surface area contributed by atoms with Gasteiger partial charge < -0.3 is 15.4 Å². The summed E-state index contributed by atoms with van der Waals surface area (Å²) in [5, 5.41) is 6.55. The van der Waals surface area contributed by atoms with E-state index >= 15 is 0 Å². The summed E-state index contributed by atoms with van der Waals surface area (Å²) in [6.07, 6.45) is 1.05. The van der Waals surface area contributed by atoms with Gasteiger partial charge >= 0.3 is 0 Å². The number of rotatable bonds is 6. The fourth-order valence-electron chi connectivity index (χ4n) is 1.88. The Morgan fingerprint density at radius 3 is 2.62 bits per heavy atom. The molecule has 5 nitrogen and oxygen atoms in total. The van der Waals surface area contributed by atoms with Crippen LogP contribution in [0.5, 0.6) is 5.75 Å². The van der Waals surface area contributed by atoms with Gasteiger partial charge in [0.2, 0.25) is 0 Å². The van der Waals surface area contributed by atoms with Crippen LogP contribution in [0.15, 0.2) is 28.7 Å². The van der Waals surface area contributed by atoms with Crippen molar-refractivity contribution in [3.05, 3.63) is 34.6 Å². The van der Waals surface area contributed by atoms with Crippen LogP contribution in [-0.4, -0.2) is 23.6 Å². The lowest BCUT2D eigenvalue weighted by molar-refractivity contribution is 0.415. The molecule has 0 unspecified atom stereocenters. The van der Waals surface area contributed by atoms with Crippen LogP contribution in [0.4, 0.5) is 17.3 Å². The minimum Gasteiger partial charge on any atom is -0.497 e. The highest BCUT2D eigenvalue weighted by Crippen LogP contribution is 2.26. The highest BCUT2D eigenvalue weighted by molar-refractivity contribution is 9.10. The van der Waals surface area contributed by atoms with Crippen molar-refractivity contribution in [1.82, 2.24) is 9.97 Å². The van der Waals surface area contributed by atoms with Gasteiger partial charge in [0, 0.05) is 28.8 Å². The molecule has 1 aromatic heterocycles. The molecule has 0 saturated carbocycles. The van der Waals surface area contributed by atoms with E-state index < -0.39 is 0 Å². The molecule has 0 saturated heterocycles. The molecular weight excluding hydrogens is 332 g/mol. The van der Waals surface area contributed by atoms with Crippen LogP contribution in [-0.2, 0) is 0 Å². The number of anilines is 3. The van der Waals surface area contributed by atoms with E-state index in [4.69, 9.17) is 4.74 Å². The molecule has 112 valence electrons. The number of nitrogens with one attached hydrogen (secondary N) is 2. The van der Waals surface area contributed by atoms with Gasteiger partial charge in [-0.15, -0.1) is 0 Å². The molecule has 0 radical (unpaired) electrons. The van der Waals surface area contributed by atoms with Crippen LogP contribution >= 0.6 is 15.9 Å². The highest BCUT2D eigenvalue weighted by atomic mass is 79.9. The minimum atomic E-state index is 0.723. The molecule has 0 fully saturated rings. The standard InChI is InChI=1S/C15H19BrN4O/c1-4-5-17-14-9-15(19-10(2)18-14)20-12-6-11(16)7-13(8-12)21-3/h6-9H,4-5H2,1-3H3,(H2,17,18,19,20). The molecule has 0 atom stereocenters. The number of hydrogen-bond acceptors (Lipinski definition) is 5. The Balaban J connectivity index is 2.22. The Kier molecular flexibility index (Phi) is 5.38. The number of aromatic nitrogens is 2. The van der Waals surface area contributed by atoms with Gasteiger partial charge in [0.15, 0.2) is 0 Å². The van der Waals surface area contributed by atoms with Gasteiger partial charge in [-0.3, -0.25) is 0 Å². The maximum absolute atomic E-state index is 5.26. The number of hydrogen-bond donors (Lipinski definition) is 2. The third-order valence-electron chi connectivity index (χ3n) is 2.77. The summed E-state index contributed by atoms with van der Waals surface area (Å²) in [4.78, 5) is 8.77. The molecule has 21 heavy (non-hydrogen) atoms. The smallest absolute Gasteiger partial charge is 0.136 e. The van der Waals surface area contributed by atoms with Gasteiger partial charge in [0.25, 0.3) is 0 Å². The van der Waals surface area contributed by atoms with Gasteiger partial charge in [-0.2, -0.15) is 0 Å². The van der Waals surface area contributed by atoms with Gasteiger partial charge in [-0.05, 0) is 25.5 Å². The van der Waals surface area contributed by atoms with Crippen LogP contribution in [0, 0.1) is 6.92 Å². The Morgan fingerprint density at radius 1 is 1.14 bits per heavy atom. The van der Waals surface area contributed by atoms with Crippen LogP contribution < -0.4 is 15.4 Å². The first-order valence-corrected chi connectivity index (χ1v) is 7.61. The molecule has 1 heterocycles. The van der Waals surface area contributed by atoms with Gasteiger partial charge in [-0.25, -0.2) is 9.97 Å². The average Bonchev–Trinajstić information content (AvgIpc) is 2.43. The van der Waals surface area contributed by atoms with E-state index in [-0.39, 0.29) is 0 Å². The van der Waals surface area contributed by atoms with E-state index in [2.05, 4.69) is 43.5 Å². The lowest BCUT2D eigenvalue weighted by atomic mass is 10.3. The summed E-state index contributed by atoms with van der Waals surface area (Å²) in [5.41, 5.74) is 0.903. The highest BCUT2D eigenvalue weighted by Gasteiger charge is 2.04. The second kappa shape index (κ2) is 7.26. The maximum Gasteiger partial charge on any atom is 0.136 e. The molecule has 0 aliphatic heterocycles. The van der Waals surface area contributed by atoms with Crippen molar-refractivity contribution in [2.24, 2.45) is 0 Å². The molecular formula is C15H19BrN4O. The van der Waals surface area contributed by atoms with E-state index in [1.807, 2.05) is 31.2 Å². The third-order valence-corrected chi connectivity index (χ3v) is 3.23. The lowest BCUT2D eigenvalue weighted by Gasteiger charge is -2.11. The number of aryl methyl sites for hydroxylation is 1. The van der Waals surface area contributed by atoms with E-state index in [0.29, 0.717) is 0 Å². The first-order chi connectivity index (χ1) is 10.1. The van der Waals surface area contributed by atoms with Crippen molar-refractivity contribution in [2.75, 3.05) is 24.3 Å². The quantitative estimate of drug-likeness (QED) is 0.820. The van der Waals surface area contributed by atoms with E-state index in [9.17, 15) is 0 Å². The van der Waals surface area contributed by atoms with Crippen LogP contribution in [0.3, 0.4) is 0 Å². The Morgan fingerprint density at radius 2 is 1.90 bits per heavy atom. The average molecular weight is 351 g/mol. The molecule has 0 aliphatic rings. The van der Waals surface area contributed by atoms with Crippen molar-refractivity contribution in [2.45, 2.75) is 20.3 Å². The predicted molar refractivity (Wildman–Crippen MR) is 89.5 cm³/mol. The second-order valence-corrected chi connectivity index (χ2v) is 5.53. The van der Waals surface area contributed by atoms with Gasteiger partial charge in [0.05, 0.1) is 7.11 Å². The van der Waals surface area contributed by atoms with Crippen molar-refractivity contribution < 1.29 is 4.74 Å². The fourth-order valence-corrected chi connectivity index (χ4v) is 2.35. The molecule has 0 bridgehead atoms. The minimum absolute atomic E-state index is 0.723. The van der Waals surface area contributed by atoms with E-state index in [0.717, 1.165) is 46.3 Å². The largest absolute Gasteiger partial charge is 0.497 e. The second-order valence-electron chi connectivity index (χ2n) is 4.62. The summed E-state index contributed by atoms with van der Waals surface area (Å²) in [6, 6.07) is 7.70. The first-order valence-electron chi connectivity index (χ1n) is 6.82. The monoisotopic (exact) mass is 350 g/mol. The zero-order valence-corrected chi connectivity index (χ0v) is 14.0. The SMILES string of the molecule is CCCNc1cc(Nc2cc(Br)cc(OC)c2)nc(C)n1. The molecule has 2 aromatic rings. The van der Waals surface area contributed by atoms with Crippen LogP contribution in [0.2, 0.25) is 0 Å². The lowest BCUT2D eigenvalue weighted by Crippen LogP contribution is -2.05. The van der Waals surface area contributed by atoms with Crippen molar-refractivity contribution in [3.8, 4) is 5.75 Å². The molecule has 6 heteroatoms. The predicted octanol–water partition coefficient (Wildman–Crippen LogP) is 4.12. The van der Waals surface area contributed by atoms with Crippen molar-refractivity contribution in [1.29, 1.82) is 0 Å². The molecule has 2 N–H and O–H groups in total. The number of benzene rings is 1. The fraction of sp³-hybridized carbons (Fsp3) is 0.333. The normalized spacial score (nSPS) is 10.3. The first kappa shape index (κ1) is 15.6. The zero-order chi connectivity index (χ0) is 15.2. The maximum atomic E-state index is 5.26. The summed E-state index contributed by atoms with van der Waals surface area (Å²) in [6.45, 7) is 4.89. The summed E-state index contributed by atoms with van der Waals surface area (Å²) >= 11 is 3.47. The number of methoxy groups -OCH3 is 1. The number of ether oxygens (including phenoxy) is 1. The van der Waals surface area contributed by atoms with E-state index in [1.165, 1.54) is 0 Å². The van der Waals surface area contributed by atoms with Gasteiger partial charge in [0.1, 0.15) is 23.2 Å². The van der Waals surface area contributed by atoms with Gasteiger partial charge in [-0.1, -0.05) is 22.9 Å². The summed E-state index contributed by atoms with van der Waals surface area (Å²) in [7, 11) is 1.65. The molecule has 0 aliphatic carbocycles. The number of nitrogens with zero attached hydrogens (tertiary/aromatic N) is 2. The van der Waals surface area contributed by atoms with Crippen molar-refractivity contribution in [3.63, 3.8) is 0 Å². The summed E-state index contributed by atoms with van der Waals surface area (Å²) in [5.74, 6) is 3.08. The third kappa shape index (κ3) is 4.60. The molecule has 1 aromatic carbocycles. The Labute approximate surface area is 133 Å².